The molecule has 131 heavy (non-hydrogen) atoms. The van der Waals surface area contributed by atoms with Crippen LogP contribution in [0.5, 0.6) is 0 Å². The molecule has 0 saturated carbocycles. The average Bonchev–Trinajstić information content (AvgIpc) is 0.762. The zero-order chi connectivity index (χ0) is 109. The minimum atomic E-state index is -2.91. The smallest absolute Gasteiger partial charge is 0.201 e. The topological polar surface area (TPSA) is 31.0 Å². The van der Waals surface area contributed by atoms with Crippen molar-refractivity contribution >= 4 is 0 Å². The third-order valence-corrected chi connectivity index (χ3v) is 23.3. The molecule has 0 N–H and O–H groups in total. The highest BCUT2D eigenvalue weighted by Gasteiger charge is 2.20. The Labute approximate surface area is 812 Å². The summed E-state index contributed by atoms with van der Waals surface area (Å²) in [5.74, 6) is -2.84. The van der Waals surface area contributed by atoms with Gasteiger partial charge < -0.3 is 0 Å². The highest BCUT2D eigenvalue weighted by Crippen LogP contribution is 2.31. The number of nitrogens with zero attached hydrogens (tertiary/aromatic N) is 8. The van der Waals surface area contributed by atoms with E-state index in [0.717, 1.165) is 79.3 Å². The van der Waals surface area contributed by atoms with E-state index in [9.17, 15) is 0 Å². The van der Waals surface area contributed by atoms with Crippen molar-refractivity contribution in [1.29, 1.82) is 0 Å². The summed E-state index contributed by atoms with van der Waals surface area (Å²) in [6, 6.07) is 97.7. The molecule has 674 valence electrons. The van der Waals surface area contributed by atoms with Gasteiger partial charge in [-0.15, -0.1) is 0 Å². The van der Waals surface area contributed by atoms with E-state index in [1.54, 1.807) is 30.3 Å². The second-order valence-electron chi connectivity index (χ2n) is 35.0. The van der Waals surface area contributed by atoms with Crippen molar-refractivity contribution < 1.29 is 59.8 Å². The van der Waals surface area contributed by atoms with Gasteiger partial charge in [-0.25, -0.2) is 36.5 Å². The lowest BCUT2D eigenvalue weighted by molar-refractivity contribution is -0.660. The van der Waals surface area contributed by atoms with E-state index in [0.29, 0.717) is 28.5 Å². The van der Waals surface area contributed by atoms with Crippen LogP contribution in [0.15, 0.2) is 341 Å². The number of pyridine rings is 8. The lowest BCUT2D eigenvalue weighted by atomic mass is 9.96. The molecule has 0 spiro atoms. The van der Waals surface area contributed by atoms with E-state index in [4.69, 9.17) is 23.3 Å². The second kappa shape index (κ2) is 49.7. The molecule has 8 nitrogen and oxygen atoms in total. The molecule has 0 amide bonds. The van der Waals surface area contributed by atoms with Gasteiger partial charge in [0.2, 0.25) is 45.6 Å². The van der Waals surface area contributed by atoms with Crippen LogP contribution in [0.4, 0.5) is 0 Å². The zero-order valence-corrected chi connectivity index (χ0v) is 81.7. The summed E-state index contributed by atoms with van der Waals surface area (Å²) in [4.78, 5) is 0. The van der Waals surface area contributed by atoms with E-state index < -0.39 is 46.0 Å². The molecule has 0 fully saturated rings. The first kappa shape index (κ1) is 79.0. The number of rotatable bonds is 15. The predicted molar refractivity (Wildman–Crippen MR) is 551 cm³/mol. The van der Waals surface area contributed by atoms with Crippen LogP contribution in [-0.4, -0.2) is 0 Å². The molecule has 0 bridgehead atoms. The van der Waals surface area contributed by atoms with Gasteiger partial charge in [0.1, 0.15) is 56.4 Å². The van der Waals surface area contributed by atoms with Gasteiger partial charge in [0.05, 0.1) is 0 Å². The maximum absolute atomic E-state index is 8.17. The van der Waals surface area contributed by atoms with Crippen molar-refractivity contribution in [1.82, 2.24) is 0 Å². The summed E-state index contributed by atoms with van der Waals surface area (Å²) < 4.78 is 145. The molecule has 0 aliphatic carbocycles. The molecule has 8 heterocycles. The molecule has 0 radical (unpaired) electrons. The number of hydrogen-bond acceptors (Lipinski definition) is 0. The monoisotopic (exact) mass is 1760 g/mol. The zero-order valence-electron chi connectivity index (χ0n) is 98.7. The summed E-state index contributed by atoms with van der Waals surface area (Å²) in [5.41, 5.74) is 35.9. The Kier molecular flexibility index (Phi) is 29.9. The first-order valence-corrected chi connectivity index (χ1v) is 45.2. The molecular formula is C123H150N8+8. The molecular weight excluding hydrogens is 1590 g/mol. The van der Waals surface area contributed by atoms with Crippen LogP contribution in [-0.2, 0) is 75.6 Å². The van der Waals surface area contributed by atoms with E-state index in [1.165, 1.54) is 96.5 Å². The maximum atomic E-state index is 8.17. The normalized spacial score (nSPS) is 13.6. The fraction of sp³-hybridized carbons (Fsp3) is 0.285. The van der Waals surface area contributed by atoms with Crippen LogP contribution >= 0.6 is 0 Å². The summed E-state index contributed by atoms with van der Waals surface area (Å²) in [7, 11) is 16.2. The van der Waals surface area contributed by atoms with E-state index >= 15 is 0 Å². The summed E-state index contributed by atoms with van der Waals surface area (Å²) in [6.45, 7) is 19.1. The van der Waals surface area contributed by atoms with Gasteiger partial charge >= 0.3 is 0 Å². The molecule has 0 saturated heterocycles. The molecule has 16 rings (SSSR count). The van der Waals surface area contributed by atoms with Crippen LogP contribution in [0.3, 0.4) is 0 Å². The lowest BCUT2D eigenvalue weighted by Gasteiger charge is -2.09. The third kappa shape index (κ3) is 29.5. The summed E-state index contributed by atoms with van der Waals surface area (Å²) in [6.07, 6.45) is 17.1. The Hall–Kier alpha value is -13.0. The highest BCUT2D eigenvalue weighted by molar-refractivity contribution is 5.68. The van der Waals surface area contributed by atoms with Crippen molar-refractivity contribution in [3.63, 3.8) is 0 Å². The number of aromatic nitrogens is 8. The average molecular weight is 1760 g/mol. The van der Waals surface area contributed by atoms with E-state index in [-0.39, 0.29) is 12.8 Å². The Morgan fingerprint density at radius 1 is 0.244 bits per heavy atom. The third-order valence-electron chi connectivity index (χ3n) is 23.3. The molecule has 1 atom stereocenters. The lowest BCUT2D eigenvalue weighted by Crippen LogP contribution is -2.30. The van der Waals surface area contributed by atoms with Gasteiger partial charge in [0, 0.05) is 165 Å². The Morgan fingerprint density at radius 2 is 0.519 bits per heavy atom. The SMILES string of the molecule is Cc1cc(C(C)C)ccc1-c1cccc[n+]1C.Cc1cc(CC(C)C)ccc1-c1cccc[n+]1C.Cc1ccc(C)c(-c2cccc[n+]2C)c1.Cc1ccc(C)c(-c2cccc[n+]2C)c1.[2H]C([2H])([2H])C([2H])(C)c1ccc(-c2cccc[n+]2C)c(C)c1.[2H]C([2H])([2H])C([2H])(Cc1ccc(-c2cccc[n+]2C)c(C)c1)C([2H])([2H])[2H].[2H]C([2H])([2H])Cc1ccc(-c2cccc[n+]2C)c(C)c1.[2H]C([2H])([2H])c1ccc(-c2cccc[n+]2C)c(C)c1. The number of benzene rings is 8. The van der Waals surface area contributed by atoms with Gasteiger partial charge in [-0.3, -0.25) is 0 Å². The molecule has 0 aliphatic heterocycles. The van der Waals surface area contributed by atoms with Crippen molar-refractivity contribution in [3.8, 4) is 90.1 Å². The molecule has 1 unspecified atom stereocenters. The standard InChI is InChI=1S/2C17H22N.2C16H20N.C15H18N.3C14H16N/c2*1-13(2)11-15-8-9-16(14(3)12-15)17-7-5-6-10-18(17)4;2*1-12(2)14-8-9-15(13(3)11-14)16-7-5-6-10-17(16)4;1-4-13-8-9-14(12(2)11-13)15-7-5-6-10-16(15)3;1-11-7-8-13(12(2)10-11)14-6-4-5-9-15(14)3;2*1-11-7-8-12(2)13(10-11)14-6-4-5-9-15(14)3/h2*5-10,12-13H,11H2,1-4H3;2*5-12H,1-4H3;5-11H,4H2,1-3H3;3*4-10H,1-3H3/q8*+1/i1D3,2D3,13D;;1D3,12D;;2*1D3;;. The highest BCUT2D eigenvalue weighted by atomic mass is 14.9. The van der Waals surface area contributed by atoms with Crippen LogP contribution in [0.2, 0.25) is 0 Å². The molecule has 0 aliphatic rings. The van der Waals surface area contributed by atoms with Crippen molar-refractivity contribution in [3.05, 3.63) is 430 Å². The van der Waals surface area contributed by atoms with Crippen LogP contribution in [0, 0.1) is 87.9 Å². The maximum Gasteiger partial charge on any atom is 0.212 e. The Balaban J connectivity index is 0.000000189. The van der Waals surface area contributed by atoms with Gasteiger partial charge in [0.25, 0.3) is 0 Å². The summed E-state index contributed by atoms with van der Waals surface area (Å²) >= 11 is 0. The molecule has 8 aromatic carbocycles. The fourth-order valence-electron chi connectivity index (χ4n) is 16.0. The summed E-state index contributed by atoms with van der Waals surface area (Å²) in [5, 5.41) is 0. The second-order valence-corrected chi connectivity index (χ2v) is 35.0. The van der Waals surface area contributed by atoms with Crippen molar-refractivity contribution in [2.24, 2.45) is 68.2 Å². The van der Waals surface area contributed by atoms with Crippen molar-refractivity contribution in [2.75, 3.05) is 0 Å². The van der Waals surface area contributed by atoms with Gasteiger partial charge in [-0.2, -0.15) is 0 Å². The first-order valence-electron chi connectivity index (χ1n) is 53.7. The van der Waals surface area contributed by atoms with Crippen LogP contribution < -0.4 is 36.5 Å². The van der Waals surface area contributed by atoms with E-state index in [1.807, 2.05) is 204 Å². The number of hydrogen-bond donors (Lipinski definition) is 0. The van der Waals surface area contributed by atoms with Crippen molar-refractivity contribution in [2.45, 2.75) is 169 Å². The van der Waals surface area contributed by atoms with E-state index in [2.05, 4.69) is 297 Å². The largest absolute Gasteiger partial charge is 0.212 e. The molecule has 8 aromatic heterocycles. The Bertz CT molecular complexity index is 7060. The molecule has 16 aromatic rings. The van der Waals surface area contributed by atoms with Crippen LogP contribution in [0.25, 0.3) is 90.1 Å². The first-order chi connectivity index (χ1) is 69.3. The van der Waals surface area contributed by atoms with Crippen LogP contribution in [0.1, 0.15) is 186 Å². The number of aryl methyl sites for hydroxylation is 20. The minimum Gasteiger partial charge on any atom is -0.201 e. The molecule has 8 heteroatoms. The fourth-order valence-corrected chi connectivity index (χ4v) is 16.0. The van der Waals surface area contributed by atoms with Gasteiger partial charge in [-0.1, -0.05) is 176 Å². The quantitative estimate of drug-likeness (QED) is 0.0916. The minimum absolute atomic E-state index is 0.120. The Morgan fingerprint density at radius 3 is 0.802 bits per heavy atom. The van der Waals surface area contributed by atoms with Gasteiger partial charge in [0.15, 0.2) is 49.6 Å². The predicted octanol–water partition coefficient (Wildman–Crippen LogP) is 26.0. The van der Waals surface area contributed by atoms with Gasteiger partial charge in [-0.05, 0) is 288 Å².